The van der Waals surface area contributed by atoms with Gasteiger partial charge >= 0.3 is 12.0 Å². The number of amides is 2. The van der Waals surface area contributed by atoms with Crippen LogP contribution in [-0.4, -0.2) is 39.5 Å². The summed E-state index contributed by atoms with van der Waals surface area (Å²) in [6.45, 7) is 2.44. The molecular formula is C17H18ClN5O3. The Kier molecular flexibility index (Phi) is 5.52. The topological polar surface area (TPSA) is 98.1 Å². The van der Waals surface area contributed by atoms with Gasteiger partial charge in [-0.2, -0.15) is 0 Å². The predicted octanol–water partition coefficient (Wildman–Crippen LogP) is 1.74. The minimum atomic E-state index is -0.777. The molecule has 0 aliphatic carbocycles. The third-order valence-electron chi connectivity index (χ3n) is 3.82. The summed E-state index contributed by atoms with van der Waals surface area (Å²) in [5.41, 5.74) is 2.02. The fourth-order valence-electron chi connectivity index (χ4n) is 2.69. The van der Waals surface area contributed by atoms with Crippen LogP contribution in [-0.2, 0) is 16.1 Å². The van der Waals surface area contributed by atoms with E-state index < -0.39 is 18.0 Å². The highest BCUT2D eigenvalue weighted by Gasteiger charge is 2.35. The molecule has 0 saturated heterocycles. The standard InChI is InChI=1S/C17H18ClN5O3/c1-2-26-16(24)14-12(8-18)19-17(25)20-15(14)13-10-23(22-21-13)9-11-6-4-3-5-7-11/h3-7,10,15H,2,8-9H2,1H3,(H2,19,20,25). The van der Waals surface area contributed by atoms with Crippen molar-refractivity contribution in [2.45, 2.75) is 19.5 Å². The second-order valence-corrected chi connectivity index (χ2v) is 5.87. The van der Waals surface area contributed by atoms with Crippen LogP contribution in [0.4, 0.5) is 4.79 Å². The van der Waals surface area contributed by atoms with E-state index in [0.717, 1.165) is 5.56 Å². The van der Waals surface area contributed by atoms with Crippen LogP contribution in [0.2, 0.25) is 0 Å². The number of allylic oxidation sites excluding steroid dienone is 1. The van der Waals surface area contributed by atoms with Crippen LogP contribution in [0, 0.1) is 0 Å². The first-order valence-electron chi connectivity index (χ1n) is 8.10. The van der Waals surface area contributed by atoms with Gasteiger partial charge < -0.3 is 15.4 Å². The van der Waals surface area contributed by atoms with Gasteiger partial charge in [0.05, 0.1) is 30.8 Å². The number of ether oxygens (including phenoxy) is 1. The highest BCUT2D eigenvalue weighted by atomic mass is 35.5. The lowest BCUT2D eigenvalue weighted by molar-refractivity contribution is -0.139. The molecule has 1 aliphatic rings. The summed E-state index contributed by atoms with van der Waals surface area (Å²) >= 11 is 5.90. The number of hydrogen-bond donors (Lipinski definition) is 2. The van der Waals surface area contributed by atoms with Gasteiger partial charge in [-0.25, -0.2) is 14.3 Å². The molecule has 1 atom stereocenters. The fraction of sp³-hybridized carbons (Fsp3) is 0.294. The number of urea groups is 1. The molecule has 1 aromatic heterocycles. The Labute approximate surface area is 155 Å². The Morgan fingerprint density at radius 3 is 2.81 bits per heavy atom. The number of aromatic nitrogens is 3. The van der Waals surface area contributed by atoms with Crippen LogP contribution < -0.4 is 10.6 Å². The lowest BCUT2D eigenvalue weighted by Crippen LogP contribution is -2.46. The van der Waals surface area contributed by atoms with E-state index in [0.29, 0.717) is 17.9 Å². The molecule has 1 unspecified atom stereocenters. The Morgan fingerprint density at radius 1 is 1.35 bits per heavy atom. The van der Waals surface area contributed by atoms with E-state index in [1.54, 1.807) is 17.8 Å². The van der Waals surface area contributed by atoms with Crippen LogP contribution in [0.1, 0.15) is 24.2 Å². The van der Waals surface area contributed by atoms with Gasteiger partial charge in [0.15, 0.2) is 0 Å². The van der Waals surface area contributed by atoms with Crippen molar-refractivity contribution in [3.63, 3.8) is 0 Å². The van der Waals surface area contributed by atoms with Crippen LogP contribution in [0.5, 0.6) is 0 Å². The first-order valence-corrected chi connectivity index (χ1v) is 8.63. The number of esters is 1. The smallest absolute Gasteiger partial charge is 0.338 e. The summed E-state index contributed by atoms with van der Waals surface area (Å²) in [6, 6.07) is 8.53. The number of nitrogens with zero attached hydrogens (tertiary/aromatic N) is 3. The number of rotatable bonds is 6. The Hall–Kier alpha value is -2.87. The lowest BCUT2D eigenvalue weighted by Gasteiger charge is -2.26. The number of carbonyl (C=O) groups excluding carboxylic acids is 2. The van der Waals surface area contributed by atoms with Gasteiger partial charge in [-0.15, -0.1) is 16.7 Å². The van der Waals surface area contributed by atoms with Crippen molar-refractivity contribution in [1.82, 2.24) is 25.6 Å². The summed E-state index contributed by atoms with van der Waals surface area (Å²) < 4.78 is 6.74. The maximum absolute atomic E-state index is 12.4. The van der Waals surface area contributed by atoms with E-state index in [1.165, 1.54) is 0 Å². The second kappa shape index (κ2) is 8.01. The van der Waals surface area contributed by atoms with Gasteiger partial charge in [0.1, 0.15) is 11.7 Å². The van der Waals surface area contributed by atoms with Gasteiger partial charge in [0, 0.05) is 5.70 Å². The average molecular weight is 376 g/mol. The maximum Gasteiger partial charge on any atom is 0.338 e. The van der Waals surface area contributed by atoms with E-state index in [2.05, 4.69) is 20.9 Å². The molecule has 8 nitrogen and oxygen atoms in total. The van der Waals surface area contributed by atoms with Crippen molar-refractivity contribution in [3.05, 3.63) is 59.1 Å². The summed E-state index contributed by atoms with van der Waals surface area (Å²) in [7, 11) is 0. The van der Waals surface area contributed by atoms with Crippen molar-refractivity contribution in [2.75, 3.05) is 12.5 Å². The maximum atomic E-state index is 12.4. The Balaban J connectivity index is 1.90. The molecule has 0 radical (unpaired) electrons. The van der Waals surface area contributed by atoms with Gasteiger partial charge in [-0.1, -0.05) is 35.5 Å². The zero-order chi connectivity index (χ0) is 18.5. The lowest BCUT2D eigenvalue weighted by atomic mass is 10.0. The van der Waals surface area contributed by atoms with Crippen molar-refractivity contribution in [3.8, 4) is 0 Å². The van der Waals surface area contributed by atoms with E-state index in [-0.39, 0.29) is 18.1 Å². The molecule has 3 rings (SSSR count). The summed E-state index contributed by atoms with van der Waals surface area (Å²) in [6.07, 6.45) is 1.69. The molecule has 1 aliphatic heterocycles. The van der Waals surface area contributed by atoms with E-state index in [1.807, 2.05) is 30.3 Å². The number of halogens is 1. The normalized spacial score (nSPS) is 16.8. The average Bonchev–Trinajstić information content (AvgIpc) is 3.10. The minimum absolute atomic E-state index is 0.0315. The quantitative estimate of drug-likeness (QED) is 0.592. The molecule has 2 aromatic rings. The second-order valence-electron chi connectivity index (χ2n) is 5.60. The fourth-order valence-corrected chi connectivity index (χ4v) is 2.90. The summed E-state index contributed by atoms with van der Waals surface area (Å²) in [5, 5.41) is 13.4. The molecule has 2 heterocycles. The van der Waals surface area contributed by atoms with Crippen molar-refractivity contribution >= 4 is 23.6 Å². The number of alkyl halides is 1. The van der Waals surface area contributed by atoms with Crippen LogP contribution in [0.3, 0.4) is 0 Å². The van der Waals surface area contributed by atoms with Gasteiger partial charge in [-0.3, -0.25) is 0 Å². The van der Waals surface area contributed by atoms with E-state index in [4.69, 9.17) is 16.3 Å². The van der Waals surface area contributed by atoms with Crippen LogP contribution in [0.25, 0.3) is 0 Å². The largest absolute Gasteiger partial charge is 0.463 e. The molecule has 9 heteroatoms. The molecular weight excluding hydrogens is 358 g/mol. The van der Waals surface area contributed by atoms with Crippen LogP contribution in [0.15, 0.2) is 47.8 Å². The monoisotopic (exact) mass is 375 g/mol. The van der Waals surface area contributed by atoms with Crippen LogP contribution >= 0.6 is 11.6 Å². The molecule has 26 heavy (non-hydrogen) atoms. The third kappa shape index (κ3) is 3.85. The Bertz CT molecular complexity index is 834. The number of benzene rings is 1. The SMILES string of the molecule is CCOC(=O)C1=C(CCl)NC(=O)NC1c1cn(Cc2ccccc2)nn1. The zero-order valence-electron chi connectivity index (χ0n) is 14.1. The molecule has 136 valence electrons. The highest BCUT2D eigenvalue weighted by molar-refractivity contribution is 6.20. The molecule has 0 spiro atoms. The number of hydrogen-bond acceptors (Lipinski definition) is 5. The van der Waals surface area contributed by atoms with E-state index >= 15 is 0 Å². The predicted molar refractivity (Wildman–Crippen MR) is 94.4 cm³/mol. The molecule has 2 N–H and O–H groups in total. The molecule has 2 amide bonds. The third-order valence-corrected chi connectivity index (χ3v) is 4.09. The van der Waals surface area contributed by atoms with Gasteiger partial charge in [0.25, 0.3) is 0 Å². The summed E-state index contributed by atoms with van der Waals surface area (Å²) in [4.78, 5) is 24.3. The molecule has 1 aromatic carbocycles. The van der Waals surface area contributed by atoms with Crippen molar-refractivity contribution < 1.29 is 14.3 Å². The first-order chi connectivity index (χ1) is 12.6. The van der Waals surface area contributed by atoms with Gasteiger partial charge in [-0.05, 0) is 12.5 Å². The minimum Gasteiger partial charge on any atom is -0.463 e. The summed E-state index contributed by atoms with van der Waals surface area (Å²) in [5.74, 6) is -0.589. The number of nitrogens with one attached hydrogen (secondary N) is 2. The highest BCUT2D eigenvalue weighted by Crippen LogP contribution is 2.26. The zero-order valence-corrected chi connectivity index (χ0v) is 14.9. The number of carbonyl (C=O) groups is 2. The van der Waals surface area contributed by atoms with E-state index in [9.17, 15) is 9.59 Å². The van der Waals surface area contributed by atoms with Crippen molar-refractivity contribution in [2.24, 2.45) is 0 Å². The first kappa shape index (κ1) is 17.9. The Morgan fingerprint density at radius 2 is 2.12 bits per heavy atom. The van der Waals surface area contributed by atoms with Crippen molar-refractivity contribution in [1.29, 1.82) is 0 Å². The molecule has 0 fully saturated rings. The molecule has 0 bridgehead atoms. The van der Waals surface area contributed by atoms with Gasteiger partial charge in [0.2, 0.25) is 0 Å². The molecule has 0 saturated carbocycles.